The van der Waals surface area contributed by atoms with E-state index in [4.69, 9.17) is 4.74 Å². The number of hydrogen-bond acceptors (Lipinski definition) is 7. The number of halogens is 1. The van der Waals surface area contributed by atoms with E-state index in [1.165, 1.54) is 0 Å². The summed E-state index contributed by atoms with van der Waals surface area (Å²) in [7, 11) is 1.61. The topological polar surface area (TPSA) is 111 Å². The molecule has 2 aromatic carbocycles. The summed E-state index contributed by atoms with van der Waals surface area (Å²) in [5.41, 5.74) is 3.09. The summed E-state index contributed by atoms with van der Waals surface area (Å²) in [6, 6.07) is 14.9. The second-order valence-corrected chi connectivity index (χ2v) is 7.36. The third-order valence-electron chi connectivity index (χ3n) is 4.80. The van der Waals surface area contributed by atoms with E-state index in [9.17, 15) is 4.79 Å². The maximum absolute atomic E-state index is 12.6. The van der Waals surface area contributed by atoms with E-state index in [1.807, 2.05) is 48.5 Å². The molecule has 4 aromatic rings. The van der Waals surface area contributed by atoms with Crippen molar-refractivity contribution in [1.29, 1.82) is 0 Å². The van der Waals surface area contributed by atoms with Gasteiger partial charge in [0.2, 0.25) is 5.95 Å². The maximum atomic E-state index is 12.6. The zero-order chi connectivity index (χ0) is 20.0. The highest BCUT2D eigenvalue weighted by Gasteiger charge is 2.34. The third-order valence-corrected chi connectivity index (χ3v) is 5.29. The van der Waals surface area contributed by atoms with Crippen molar-refractivity contribution in [1.82, 2.24) is 30.4 Å². The molecule has 0 aliphatic carbocycles. The van der Waals surface area contributed by atoms with E-state index in [1.54, 1.807) is 11.8 Å². The molecule has 0 radical (unpaired) electrons. The number of ether oxygens (including phenoxy) is 1. The quantitative estimate of drug-likeness (QED) is 0.433. The number of benzene rings is 2. The molecule has 5 rings (SSSR count). The summed E-state index contributed by atoms with van der Waals surface area (Å²) < 4.78 is 7.81. The smallest absolute Gasteiger partial charge is 0.288 e. The van der Waals surface area contributed by atoms with Crippen molar-refractivity contribution < 1.29 is 4.74 Å². The minimum atomic E-state index is -0.430. The largest absolute Gasteiger partial charge is 0.497 e. The average Bonchev–Trinajstić information content (AvgIpc) is 3.21. The molecule has 10 heteroatoms. The summed E-state index contributed by atoms with van der Waals surface area (Å²) in [5, 5.41) is 21.9. The monoisotopic (exact) mass is 451 g/mol. The van der Waals surface area contributed by atoms with Gasteiger partial charge in [0.1, 0.15) is 17.5 Å². The first-order chi connectivity index (χ1) is 14.2. The normalized spacial score (nSPS) is 14.6. The Kier molecular flexibility index (Phi) is 4.13. The van der Waals surface area contributed by atoms with Gasteiger partial charge < -0.3 is 10.1 Å². The molecule has 1 unspecified atom stereocenters. The van der Waals surface area contributed by atoms with Gasteiger partial charge in [-0.25, -0.2) is 5.10 Å². The van der Waals surface area contributed by atoms with Gasteiger partial charge in [-0.05, 0) is 52.4 Å². The molecule has 1 atom stereocenters. The van der Waals surface area contributed by atoms with Gasteiger partial charge >= 0.3 is 0 Å². The fourth-order valence-electron chi connectivity index (χ4n) is 3.49. The summed E-state index contributed by atoms with van der Waals surface area (Å²) in [5.74, 6) is 1.12. The highest BCUT2D eigenvalue weighted by Crippen LogP contribution is 2.41. The van der Waals surface area contributed by atoms with Crippen molar-refractivity contribution in [2.45, 2.75) is 6.04 Å². The van der Waals surface area contributed by atoms with Crippen LogP contribution in [0.3, 0.4) is 0 Å². The number of methoxy groups -OCH3 is 1. The third kappa shape index (κ3) is 2.88. The lowest BCUT2D eigenvalue weighted by Gasteiger charge is -2.27. The zero-order valence-corrected chi connectivity index (χ0v) is 16.7. The first-order valence-electron chi connectivity index (χ1n) is 8.73. The number of aromatic amines is 1. The first kappa shape index (κ1) is 17.6. The second-order valence-electron chi connectivity index (χ2n) is 6.45. The van der Waals surface area contributed by atoms with Crippen molar-refractivity contribution in [2.75, 3.05) is 12.4 Å². The van der Waals surface area contributed by atoms with Gasteiger partial charge in [0, 0.05) is 15.6 Å². The van der Waals surface area contributed by atoms with Crippen molar-refractivity contribution >= 4 is 27.6 Å². The van der Waals surface area contributed by atoms with Gasteiger partial charge in [-0.15, -0.1) is 0 Å². The van der Waals surface area contributed by atoms with Crippen molar-refractivity contribution in [3.8, 4) is 17.0 Å². The Morgan fingerprint density at radius 1 is 1.17 bits per heavy atom. The standard InChI is InChI=1S/C19H14BrN7O2/c1-29-13-7-5-10(6-8-13)15-14-16(18(28)23-22-15)21-19-24-25-26-27(19)17(14)11-3-2-4-12(20)9-11/h2-9,17H,1H3,(H,23,28)(H,21,24,26). The van der Waals surface area contributed by atoms with Crippen molar-refractivity contribution in [3.63, 3.8) is 0 Å². The number of rotatable bonds is 3. The van der Waals surface area contributed by atoms with E-state index in [0.717, 1.165) is 21.3 Å². The molecule has 1 aliphatic rings. The molecule has 0 saturated carbocycles. The van der Waals surface area contributed by atoms with Crippen LogP contribution in [-0.4, -0.2) is 37.5 Å². The maximum Gasteiger partial charge on any atom is 0.288 e. The van der Waals surface area contributed by atoms with E-state index < -0.39 is 6.04 Å². The fraction of sp³-hybridized carbons (Fsp3) is 0.105. The van der Waals surface area contributed by atoms with Gasteiger partial charge in [-0.1, -0.05) is 33.2 Å². The summed E-state index contributed by atoms with van der Waals surface area (Å²) in [4.78, 5) is 12.6. The van der Waals surface area contributed by atoms with Gasteiger partial charge in [-0.2, -0.15) is 9.78 Å². The molecule has 1 aliphatic heterocycles. The van der Waals surface area contributed by atoms with Gasteiger partial charge in [0.05, 0.1) is 12.8 Å². The molecule has 0 amide bonds. The molecular formula is C19H14BrN7O2. The van der Waals surface area contributed by atoms with Crippen LogP contribution < -0.4 is 15.6 Å². The van der Waals surface area contributed by atoms with Crippen LogP contribution >= 0.6 is 15.9 Å². The Balaban J connectivity index is 1.79. The molecule has 29 heavy (non-hydrogen) atoms. The van der Waals surface area contributed by atoms with E-state index in [0.29, 0.717) is 22.9 Å². The lowest BCUT2D eigenvalue weighted by Crippen LogP contribution is -2.29. The highest BCUT2D eigenvalue weighted by molar-refractivity contribution is 9.10. The second kappa shape index (κ2) is 6.82. The molecule has 2 aromatic heterocycles. The van der Waals surface area contributed by atoms with Crippen molar-refractivity contribution in [3.05, 3.63) is 74.5 Å². The van der Waals surface area contributed by atoms with Crippen LogP contribution in [-0.2, 0) is 0 Å². The molecule has 0 fully saturated rings. The molecule has 3 heterocycles. The molecule has 0 bridgehead atoms. The zero-order valence-electron chi connectivity index (χ0n) is 15.1. The van der Waals surface area contributed by atoms with Crippen LogP contribution in [0, 0.1) is 0 Å². The molecule has 9 nitrogen and oxygen atoms in total. The van der Waals surface area contributed by atoms with E-state index >= 15 is 0 Å². The highest BCUT2D eigenvalue weighted by atomic mass is 79.9. The average molecular weight is 452 g/mol. The van der Waals surface area contributed by atoms with Gasteiger partial charge in [0.15, 0.2) is 0 Å². The number of hydrogen-bond donors (Lipinski definition) is 2. The minimum Gasteiger partial charge on any atom is -0.497 e. The Labute approximate surface area is 172 Å². The Morgan fingerprint density at radius 2 is 2.00 bits per heavy atom. The Bertz CT molecular complexity index is 1270. The van der Waals surface area contributed by atoms with Gasteiger partial charge in [0.25, 0.3) is 5.56 Å². The van der Waals surface area contributed by atoms with Crippen LogP contribution in [0.15, 0.2) is 57.8 Å². The van der Waals surface area contributed by atoms with Crippen molar-refractivity contribution in [2.24, 2.45) is 0 Å². The number of anilines is 2. The fourth-order valence-corrected chi connectivity index (χ4v) is 3.91. The predicted molar refractivity (Wildman–Crippen MR) is 109 cm³/mol. The Morgan fingerprint density at radius 3 is 2.76 bits per heavy atom. The molecule has 0 saturated heterocycles. The molecule has 2 N–H and O–H groups in total. The summed E-state index contributed by atoms with van der Waals surface area (Å²) >= 11 is 3.52. The number of H-pyrrole nitrogens is 1. The van der Waals surface area contributed by atoms with Crippen LogP contribution in [0.4, 0.5) is 11.6 Å². The van der Waals surface area contributed by atoms with E-state index in [2.05, 4.69) is 47.0 Å². The predicted octanol–water partition coefficient (Wildman–Crippen LogP) is 2.89. The number of nitrogens with one attached hydrogen (secondary N) is 2. The molecular weight excluding hydrogens is 438 g/mol. The Hall–Kier alpha value is -3.53. The number of fused-ring (bicyclic) bond motifs is 2. The lowest BCUT2D eigenvalue weighted by atomic mass is 9.92. The SMILES string of the molecule is COc1ccc(-c2n[nH]c(=O)c3c2C(c2cccc(Br)c2)n2nnnc2N3)cc1. The number of aromatic nitrogens is 6. The van der Waals surface area contributed by atoms with E-state index in [-0.39, 0.29) is 5.56 Å². The van der Waals surface area contributed by atoms with Crippen LogP contribution in [0.1, 0.15) is 17.2 Å². The molecule has 144 valence electrons. The molecule has 0 spiro atoms. The first-order valence-corrected chi connectivity index (χ1v) is 9.52. The summed E-state index contributed by atoms with van der Waals surface area (Å²) in [6.45, 7) is 0. The summed E-state index contributed by atoms with van der Waals surface area (Å²) in [6.07, 6.45) is 0. The van der Waals surface area contributed by atoms with Gasteiger partial charge in [-0.3, -0.25) is 4.79 Å². The lowest BCUT2D eigenvalue weighted by molar-refractivity contribution is 0.415. The minimum absolute atomic E-state index is 0.341. The van der Waals surface area contributed by atoms with Crippen LogP contribution in [0.25, 0.3) is 11.3 Å². The van der Waals surface area contributed by atoms with Crippen LogP contribution in [0.5, 0.6) is 5.75 Å². The van der Waals surface area contributed by atoms with Crippen LogP contribution in [0.2, 0.25) is 0 Å². The number of nitrogens with zero attached hydrogens (tertiary/aromatic N) is 5. The number of tetrazole rings is 1.